The molecule has 0 spiro atoms. The molecular weight excluding hydrogens is 338 g/mol. The van der Waals surface area contributed by atoms with Crippen LogP contribution < -0.4 is 0 Å². The quantitative estimate of drug-likeness (QED) is 0.557. The zero-order valence-corrected chi connectivity index (χ0v) is 15.5. The fourth-order valence-electron chi connectivity index (χ4n) is 3.39. The second-order valence-electron chi connectivity index (χ2n) is 6.88. The van der Waals surface area contributed by atoms with Crippen molar-refractivity contribution in [3.63, 3.8) is 0 Å². The van der Waals surface area contributed by atoms with E-state index in [4.69, 9.17) is 4.74 Å². The van der Waals surface area contributed by atoms with Crippen molar-refractivity contribution >= 4 is 17.5 Å². The first-order valence-electron chi connectivity index (χ1n) is 8.85. The highest BCUT2D eigenvalue weighted by Crippen LogP contribution is 2.36. The number of hydrogen-bond acceptors (Lipinski definition) is 6. The highest BCUT2D eigenvalue weighted by Gasteiger charge is 2.28. The van der Waals surface area contributed by atoms with Crippen LogP contribution in [-0.4, -0.2) is 49.0 Å². The summed E-state index contributed by atoms with van der Waals surface area (Å²) in [4.78, 5) is 12.7. The summed E-state index contributed by atoms with van der Waals surface area (Å²) in [5.41, 5.74) is 2.94. The van der Waals surface area contributed by atoms with E-state index >= 15 is 0 Å². The molecule has 7 nitrogen and oxygen atoms in total. The monoisotopic (exact) mass is 361 g/mol. The smallest absolute Gasteiger partial charge is 0.210 e. The third kappa shape index (κ3) is 3.50. The molecule has 2 aliphatic rings. The maximum atomic E-state index is 12.7. The number of hydrogen-bond donors (Lipinski definition) is 0. The first-order valence-corrected chi connectivity index (χ1v) is 9.84. The highest BCUT2D eigenvalue weighted by molar-refractivity contribution is 7.99. The summed E-state index contributed by atoms with van der Waals surface area (Å²) in [5, 5.41) is 12.6. The Hall–Kier alpha value is -1.67. The number of aromatic nitrogens is 5. The van der Waals surface area contributed by atoms with Crippen LogP contribution in [0.3, 0.4) is 0 Å². The van der Waals surface area contributed by atoms with Crippen LogP contribution in [0, 0.1) is 13.8 Å². The molecule has 1 atom stereocenters. The van der Waals surface area contributed by atoms with Crippen molar-refractivity contribution in [1.29, 1.82) is 0 Å². The van der Waals surface area contributed by atoms with Crippen LogP contribution in [0.1, 0.15) is 53.5 Å². The summed E-state index contributed by atoms with van der Waals surface area (Å²) in [6, 6.07) is 2.42. The minimum atomic E-state index is 0.127. The Morgan fingerprint density at radius 2 is 2.20 bits per heavy atom. The Kier molecular flexibility index (Phi) is 4.64. The zero-order chi connectivity index (χ0) is 17.4. The highest BCUT2D eigenvalue weighted by atomic mass is 32.2. The standard InChI is InChI=1S/C17H23N5O2S/c1-11-8-15(12(2)21(11)9-14-4-3-7-24-14)16(23)10-25-17-18-19-20-22(17)13-5-6-13/h8,13-14H,3-7,9-10H2,1-2H3/t14-/m1/s1. The van der Waals surface area contributed by atoms with Crippen molar-refractivity contribution in [2.75, 3.05) is 12.4 Å². The Labute approximate surface area is 151 Å². The molecule has 2 fully saturated rings. The Bertz CT molecular complexity index is 774. The summed E-state index contributed by atoms with van der Waals surface area (Å²) in [5.74, 6) is 0.485. The number of thioether (sulfide) groups is 1. The van der Waals surface area contributed by atoms with Gasteiger partial charge in [-0.1, -0.05) is 11.8 Å². The van der Waals surface area contributed by atoms with Gasteiger partial charge >= 0.3 is 0 Å². The van der Waals surface area contributed by atoms with Gasteiger partial charge < -0.3 is 9.30 Å². The molecule has 0 aromatic carbocycles. The van der Waals surface area contributed by atoms with Gasteiger partial charge in [0.2, 0.25) is 5.16 Å². The van der Waals surface area contributed by atoms with Crippen LogP contribution in [-0.2, 0) is 11.3 Å². The second-order valence-corrected chi connectivity index (χ2v) is 7.82. The lowest BCUT2D eigenvalue weighted by Crippen LogP contribution is -2.17. The van der Waals surface area contributed by atoms with Crippen LogP contribution in [0.4, 0.5) is 0 Å². The molecule has 0 unspecified atom stereocenters. The molecule has 25 heavy (non-hydrogen) atoms. The number of carbonyl (C=O) groups is 1. The number of nitrogens with zero attached hydrogens (tertiary/aromatic N) is 5. The predicted octanol–water partition coefficient (Wildman–Crippen LogP) is 2.58. The fraction of sp³-hybridized carbons (Fsp3) is 0.647. The number of rotatable bonds is 7. The van der Waals surface area contributed by atoms with Gasteiger partial charge in [-0.25, -0.2) is 4.68 Å². The molecule has 2 aromatic rings. The summed E-state index contributed by atoms with van der Waals surface area (Å²) in [6.45, 7) is 5.76. The second kappa shape index (κ2) is 6.92. The number of ketones is 1. The molecule has 0 N–H and O–H groups in total. The molecule has 3 heterocycles. The van der Waals surface area contributed by atoms with E-state index in [1.165, 1.54) is 11.8 Å². The first-order chi connectivity index (χ1) is 12.1. The minimum Gasteiger partial charge on any atom is -0.376 e. The van der Waals surface area contributed by atoms with Gasteiger partial charge in [-0.3, -0.25) is 4.79 Å². The Balaban J connectivity index is 1.43. The maximum Gasteiger partial charge on any atom is 0.210 e. The summed E-state index contributed by atoms with van der Waals surface area (Å²) in [6.07, 6.45) is 4.74. The molecule has 0 amide bonds. The summed E-state index contributed by atoms with van der Waals surface area (Å²) >= 11 is 1.43. The van der Waals surface area contributed by atoms with Gasteiger partial charge in [0, 0.05) is 30.1 Å². The van der Waals surface area contributed by atoms with Crippen LogP contribution in [0.15, 0.2) is 11.2 Å². The zero-order valence-electron chi connectivity index (χ0n) is 14.6. The minimum absolute atomic E-state index is 0.127. The van der Waals surface area contributed by atoms with E-state index in [9.17, 15) is 4.79 Å². The maximum absolute atomic E-state index is 12.7. The first kappa shape index (κ1) is 16.8. The molecule has 0 radical (unpaired) electrons. The van der Waals surface area contributed by atoms with E-state index in [-0.39, 0.29) is 11.9 Å². The SMILES string of the molecule is Cc1cc(C(=O)CSc2nnnn2C2CC2)c(C)n1C[C@H]1CCCO1. The molecule has 2 aromatic heterocycles. The average Bonchev–Trinajstić information content (AvgIpc) is 3.02. The largest absolute Gasteiger partial charge is 0.376 e. The van der Waals surface area contributed by atoms with Gasteiger partial charge in [0.1, 0.15) is 0 Å². The van der Waals surface area contributed by atoms with E-state index in [0.29, 0.717) is 11.8 Å². The van der Waals surface area contributed by atoms with Crippen molar-refractivity contribution in [1.82, 2.24) is 24.8 Å². The number of carbonyl (C=O) groups excluding carboxylic acids is 1. The van der Waals surface area contributed by atoms with Crippen LogP contribution in [0.2, 0.25) is 0 Å². The molecule has 0 bridgehead atoms. The number of Topliss-reactive ketones (excluding diaryl/α,β-unsaturated/α-hetero) is 1. The third-order valence-electron chi connectivity index (χ3n) is 4.97. The average molecular weight is 361 g/mol. The molecule has 1 saturated heterocycles. The van der Waals surface area contributed by atoms with E-state index in [1.807, 2.05) is 17.7 Å². The molecule has 134 valence electrons. The van der Waals surface area contributed by atoms with Gasteiger partial charge in [-0.15, -0.1) is 5.10 Å². The Morgan fingerprint density at radius 3 is 2.92 bits per heavy atom. The number of ether oxygens (including phenoxy) is 1. The van der Waals surface area contributed by atoms with Crippen molar-refractivity contribution < 1.29 is 9.53 Å². The predicted molar refractivity (Wildman–Crippen MR) is 94.0 cm³/mol. The molecular formula is C17H23N5O2S. The van der Waals surface area contributed by atoms with Gasteiger partial charge in [-0.05, 0) is 56.0 Å². The fourth-order valence-corrected chi connectivity index (χ4v) is 4.22. The molecule has 8 heteroatoms. The normalized spacial score (nSPS) is 20.3. The molecule has 1 aliphatic heterocycles. The van der Waals surface area contributed by atoms with Gasteiger partial charge in [0.25, 0.3) is 0 Å². The van der Waals surface area contributed by atoms with E-state index in [2.05, 4.69) is 27.0 Å². The number of tetrazole rings is 1. The summed E-state index contributed by atoms with van der Waals surface area (Å²) < 4.78 is 9.80. The van der Waals surface area contributed by atoms with Gasteiger partial charge in [0.05, 0.1) is 17.9 Å². The third-order valence-corrected chi connectivity index (χ3v) is 5.91. The molecule has 1 aliphatic carbocycles. The van der Waals surface area contributed by atoms with Crippen LogP contribution in [0.5, 0.6) is 0 Å². The lowest BCUT2D eigenvalue weighted by Gasteiger charge is -2.14. The summed E-state index contributed by atoms with van der Waals surface area (Å²) in [7, 11) is 0. The van der Waals surface area contributed by atoms with Crippen LogP contribution in [0.25, 0.3) is 0 Å². The Morgan fingerprint density at radius 1 is 1.36 bits per heavy atom. The van der Waals surface area contributed by atoms with Crippen molar-refractivity contribution in [3.8, 4) is 0 Å². The van der Waals surface area contributed by atoms with Crippen molar-refractivity contribution in [3.05, 3.63) is 23.0 Å². The topological polar surface area (TPSA) is 74.8 Å². The van der Waals surface area contributed by atoms with E-state index in [1.54, 1.807) is 0 Å². The molecule has 1 saturated carbocycles. The lowest BCUT2D eigenvalue weighted by molar-refractivity contribution is 0.0957. The number of aryl methyl sites for hydroxylation is 1. The van der Waals surface area contributed by atoms with Gasteiger partial charge in [0.15, 0.2) is 5.78 Å². The lowest BCUT2D eigenvalue weighted by atomic mass is 10.2. The van der Waals surface area contributed by atoms with Crippen molar-refractivity contribution in [2.24, 2.45) is 0 Å². The van der Waals surface area contributed by atoms with E-state index in [0.717, 1.165) is 60.9 Å². The van der Waals surface area contributed by atoms with Gasteiger partial charge in [-0.2, -0.15) is 0 Å². The van der Waals surface area contributed by atoms with E-state index < -0.39 is 0 Å². The van der Waals surface area contributed by atoms with Crippen molar-refractivity contribution in [2.45, 2.75) is 63.4 Å². The molecule has 4 rings (SSSR count). The van der Waals surface area contributed by atoms with Crippen LogP contribution >= 0.6 is 11.8 Å².